The SMILES string of the molecule is CCOCCN(C)C(CN)c1cc(Br)c(Br)s1. The van der Waals surface area contributed by atoms with Crippen LogP contribution in [0.2, 0.25) is 0 Å². The molecule has 0 spiro atoms. The van der Waals surface area contributed by atoms with Gasteiger partial charge in [-0.05, 0) is 51.9 Å². The molecule has 98 valence electrons. The molecule has 17 heavy (non-hydrogen) atoms. The van der Waals surface area contributed by atoms with Crippen molar-refractivity contribution in [2.24, 2.45) is 5.73 Å². The van der Waals surface area contributed by atoms with Crippen molar-refractivity contribution in [1.29, 1.82) is 0 Å². The summed E-state index contributed by atoms with van der Waals surface area (Å²) >= 11 is 8.74. The van der Waals surface area contributed by atoms with Crippen LogP contribution < -0.4 is 5.73 Å². The van der Waals surface area contributed by atoms with Crippen LogP contribution in [0, 0.1) is 0 Å². The van der Waals surface area contributed by atoms with Crippen molar-refractivity contribution in [3.05, 3.63) is 19.2 Å². The van der Waals surface area contributed by atoms with Gasteiger partial charge in [0.25, 0.3) is 0 Å². The number of rotatable bonds is 7. The Hall–Kier alpha value is 0.540. The molecule has 1 heterocycles. The molecule has 2 N–H and O–H groups in total. The maximum Gasteiger partial charge on any atom is 0.0843 e. The smallest absolute Gasteiger partial charge is 0.0843 e. The van der Waals surface area contributed by atoms with E-state index in [-0.39, 0.29) is 6.04 Å². The number of hydrogen-bond donors (Lipinski definition) is 1. The molecule has 0 amide bonds. The van der Waals surface area contributed by atoms with E-state index in [4.69, 9.17) is 10.5 Å². The number of nitrogens with two attached hydrogens (primary N) is 1. The summed E-state index contributed by atoms with van der Waals surface area (Å²) in [5, 5.41) is 0. The van der Waals surface area contributed by atoms with Gasteiger partial charge in [0.1, 0.15) is 0 Å². The van der Waals surface area contributed by atoms with E-state index >= 15 is 0 Å². The Kier molecular flexibility index (Phi) is 7.21. The maximum atomic E-state index is 5.86. The van der Waals surface area contributed by atoms with Gasteiger partial charge in [-0.3, -0.25) is 4.90 Å². The number of halogens is 2. The third-order valence-electron chi connectivity index (χ3n) is 2.54. The molecule has 0 aliphatic carbocycles. The van der Waals surface area contributed by atoms with Crippen molar-refractivity contribution in [2.45, 2.75) is 13.0 Å². The van der Waals surface area contributed by atoms with E-state index in [0.29, 0.717) is 6.54 Å². The van der Waals surface area contributed by atoms with Gasteiger partial charge in [-0.1, -0.05) is 0 Å². The van der Waals surface area contributed by atoms with Crippen LogP contribution in [0.15, 0.2) is 14.3 Å². The van der Waals surface area contributed by atoms with Crippen LogP contribution in [0.1, 0.15) is 17.8 Å². The predicted octanol–water partition coefficient (Wildman–Crippen LogP) is 3.24. The molecule has 0 saturated carbocycles. The second kappa shape index (κ2) is 7.86. The molecule has 1 rings (SSSR count). The summed E-state index contributed by atoms with van der Waals surface area (Å²) in [7, 11) is 2.08. The molecule has 6 heteroatoms. The molecule has 0 bridgehead atoms. The topological polar surface area (TPSA) is 38.5 Å². The quantitative estimate of drug-likeness (QED) is 0.732. The number of thiophene rings is 1. The van der Waals surface area contributed by atoms with Crippen molar-refractivity contribution >= 4 is 43.2 Å². The highest BCUT2D eigenvalue weighted by Crippen LogP contribution is 2.36. The summed E-state index contributed by atoms with van der Waals surface area (Å²) < 4.78 is 7.57. The molecule has 1 atom stereocenters. The normalized spacial score (nSPS) is 13.3. The molecule has 1 aromatic rings. The molecule has 0 aliphatic heterocycles. The summed E-state index contributed by atoms with van der Waals surface area (Å²) in [6.45, 7) is 5.02. The Morgan fingerprint density at radius 1 is 1.53 bits per heavy atom. The Morgan fingerprint density at radius 3 is 2.71 bits per heavy atom. The van der Waals surface area contributed by atoms with Gasteiger partial charge in [0.15, 0.2) is 0 Å². The summed E-state index contributed by atoms with van der Waals surface area (Å²) in [6.07, 6.45) is 0. The standard InChI is InChI=1S/C11H18Br2N2OS/c1-3-16-5-4-15(2)9(7-14)10-6-8(12)11(13)17-10/h6,9H,3-5,7,14H2,1-2H3. The zero-order chi connectivity index (χ0) is 12.8. The first kappa shape index (κ1) is 15.6. The van der Waals surface area contributed by atoms with Gasteiger partial charge in [-0.25, -0.2) is 0 Å². The summed E-state index contributed by atoms with van der Waals surface area (Å²) in [6, 6.07) is 2.38. The zero-order valence-electron chi connectivity index (χ0n) is 10.1. The minimum atomic E-state index is 0.253. The fraction of sp³-hybridized carbons (Fsp3) is 0.636. The van der Waals surface area contributed by atoms with E-state index in [1.807, 2.05) is 6.92 Å². The van der Waals surface area contributed by atoms with E-state index in [0.717, 1.165) is 28.0 Å². The van der Waals surface area contributed by atoms with Crippen molar-refractivity contribution in [2.75, 3.05) is 33.4 Å². The predicted molar refractivity (Wildman–Crippen MR) is 80.6 cm³/mol. The lowest BCUT2D eigenvalue weighted by Crippen LogP contribution is -2.32. The van der Waals surface area contributed by atoms with Crippen LogP contribution in [0.3, 0.4) is 0 Å². The van der Waals surface area contributed by atoms with E-state index in [1.165, 1.54) is 4.88 Å². The lowest BCUT2D eigenvalue weighted by Gasteiger charge is -2.25. The molecule has 0 fully saturated rings. The maximum absolute atomic E-state index is 5.86. The summed E-state index contributed by atoms with van der Waals surface area (Å²) in [5.41, 5.74) is 5.86. The fourth-order valence-electron chi connectivity index (χ4n) is 1.55. The third kappa shape index (κ3) is 4.61. The van der Waals surface area contributed by atoms with E-state index in [9.17, 15) is 0 Å². The molecule has 0 aliphatic rings. The highest BCUT2D eigenvalue weighted by atomic mass is 79.9. The average Bonchev–Trinajstić information content (AvgIpc) is 2.60. The third-order valence-corrected chi connectivity index (χ3v) is 5.90. The molecule has 1 aromatic heterocycles. The van der Waals surface area contributed by atoms with Gasteiger partial charge in [-0.2, -0.15) is 0 Å². The Morgan fingerprint density at radius 2 is 2.24 bits per heavy atom. The van der Waals surface area contributed by atoms with Gasteiger partial charge < -0.3 is 10.5 Å². The van der Waals surface area contributed by atoms with Crippen molar-refractivity contribution in [1.82, 2.24) is 4.90 Å². The molecular weight excluding hydrogens is 368 g/mol. The minimum absolute atomic E-state index is 0.253. The Labute approximate surface area is 124 Å². The highest BCUT2D eigenvalue weighted by Gasteiger charge is 2.18. The molecule has 0 aromatic carbocycles. The number of hydrogen-bond acceptors (Lipinski definition) is 4. The summed E-state index contributed by atoms with van der Waals surface area (Å²) in [5.74, 6) is 0. The molecule has 0 radical (unpaired) electrons. The monoisotopic (exact) mass is 384 g/mol. The van der Waals surface area contributed by atoms with Gasteiger partial charge in [-0.15, -0.1) is 11.3 Å². The fourth-order valence-corrected chi connectivity index (χ4v) is 3.82. The number of nitrogens with zero attached hydrogens (tertiary/aromatic N) is 1. The lowest BCUT2D eigenvalue weighted by atomic mass is 10.2. The second-order valence-corrected chi connectivity index (χ2v) is 6.96. The zero-order valence-corrected chi connectivity index (χ0v) is 14.1. The van der Waals surface area contributed by atoms with Crippen molar-refractivity contribution < 1.29 is 4.74 Å². The average molecular weight is 386 g/mol. The Balaban J connectivity index is 2.63. The van der Waals surface area contributed by atoms with Gasteiger partial charge >= 0.3 is 0 Å². The van der Waals surface area contributed by atoms with Gasteiger partial charge in [0.2, 0.25) is 0 Å². The van der Waals surface area contributed by atoms with Crippen LogP contribution in [-0.2, 0) is 4.74 Å². The number of likely N-dealkylation sites (N-methyl/N-ethyl adjacent to an activating group) is 1. The van der Waals surface area contributed by atoms with Crippen molar-refractivity contribution in [3.63, 3.8) is 0 Å². The first-order chi connectivity index (χ1) is 8.10. The number of ether oxygens (including phenoxy) is 1. The summed E-state index contributed by atoms with van der Waals surface area (Å²) in [4.78, 5) is 3.51. The van der Waals surface area contributed by atoms with Crippen LogP contribution in [0.25, 0.3) is 0 Å². The molecular formula is C11H18Br2N2OS. The van der Waals surface area contributed by atoms with Crippen molar-refractivity contribution in [3.8, 4) is 0 Å². The first-order valence-electron chi connectivity index (χ1n) is 5.52. The van der Waals surface area contributed by atoms with Crippen LogP contribution >= 0.6 is 43.2 Å². The second-order valence-electron chi connectivity index (χ2n) is 3.70. The van der Waals surface area contributed by atoms with E-state index in [1.54, 1.807) is 11.3 Å². The van der Waals surface area contributed by atoms with Crippen LogP contribution in [0.5, 0.6) is 0 Å². The van der Waals surface area contributed by atoms with E-state index in [2.05, 4.69) is 49.9 Å². The van der Waals surface area contributed by atoms with Crippen LogP contribution in [-0.4, -0.2) is 38.3 Å². The molecule has 1 unspecified atom stereocenters. The molecule has 3 nitrogen and oxygen atoms in total. The lowest BCUT2D eigenvalue weighted by molar-refractivity contribution is 0.109. The largest absolute Gasteiger partial charge is 0.380 e. The van der Waals surface area contributed by atoms with Gasteiger partial charge in [0.05, 0.1) is 16.4 Å². The first-order valence-corrected chi connectivity index (χ1v) is 7.93. The molecule has 0 saturated heterocycles. The van der Waals surface area contributed by atoms with E-state index < -0.39 is 0 Å². The highest BCUT2D eigenvalue weighted by molar-refractivity contribution is 9.13. The Bertz CT molecular complexity index is 327. The van der Waals surface area contributed by atoms with Crippen LogP contribution in [0.4, 0.5) is 0 Å². The minimum Gasteiger partial charge on any atom is -0.380 e. The van der Waals surface area contributed by atoms with Gasteiger partial charge in [0, 0.05) is 29.0 Å².